The zero-order valence-electron chi connectivity index (χ0n) is 15.2. The maximum Gasteiger partial charge on any atom is 0.343 e. The number of hydrogen-bond donors (Lipinski definition) is 1. The molecule has 1 spiro atoms. The number of ether oxygens (including phenoxy) is 1. The van der Waals surface area contributed by atoms with E-state index in [9.17, 15) is 9.90 Å². The van der Waals surface area contributed by atoms with Crippen molar-refractivity contribution in [2.45, 2.75) is 37.6 Å². The number of methoxy groups -OCH3 is 1. The van der Waals surface area contributed by atoms with Crippen LogP contribution in [0.5, 0.6) is 0 Å². The molecular weight excluding hydrogens is 328 g/mol. The molecule has 2 fully saturated rings. The number of aliphatic imine (C=N–C) groups is 1. The van der Waals surface area contributed by atoms with Crippen molar-refractivity contribution in [2.75, 3.05) is 20.2 Å². The standard InChI is InChI=1S/C21H24N2O3/c1-3-12-10-13-17(24)16(20(25)26-2)18-21(8-9-23(11-12)19(13)21)14-6-4-5-7-15(14)22-18/h4-7,12-13,19,24H,3,8-11H2,1-2H3/t12-,13+,19+,21+/m0/s1. The number of aliphatic hydroxyl groups excluding tert-OH is 1. The molecule has 5 rings (SSSR count). The number of rotatable bonds is 2. The maximum atomic E-state index is 12.6. The molecule has 0 amide bonds. The topological polar surface area (TPSA) is 62.1 Å². The highest BCUT2D eigenvalue weighted by molar-refractivity contribution is 6.27. The lowest BCUT2D eigenvalue weighted by atomic mass is 9.59. The minimum atomic E-state index is -0.469. The Hall–Kier alpha value is -2.14. The van der Waals surface area contributed by atoms with Crippen LogP contribution in [-0.4, -0.2) is 47.9 Å². The van der Waals surface area contributed by atoms with Crippen LogP contribution in [0.4, 0.5) is 5.69 Å². The lowest BCUT2D eigenvalue weighted by Gasteiger charge is -2.49. The number of nitrogens with zero attached hydrogens (tertiary/aromatic N) is 2. The van der Waals surface area contributed by atoms with Crippen molar-refractivity contribution in [3.05, 3.63) is 41.2 Å². The molecule has 0 saturated carbocycles. The molecule has 3 heterocycles. The zero-order chi connectivity index (χ0) is 18.1. The van der Waals surface area contributed by atoms with Crippen LogP contribution in [0.2, 0.25) is 0 Å². The van der Waals surface area contributed by atoms with Gasteiger partial charge in [0.15, 0.2) is 0 Å². The summed E-state index contributed by atoms with van der Waals surface area (Å²) in [6.07, 6.45) is 2.94. The lowest BCUT2D eigenvalue weighted by Crippen LogP contribution is -2.59. The van der Waals surface area contributed by atoms with Crippen molar-refractivity contribution >= 4 is 17.4 Å². The van der Waals surface area contributed by atoms with E-state index in [2.05, 4.69) is 24.0 Å². The first-order valence-electron chi connectivity index (χ1n) is 9.56. The Morgan fingerprint density at radius 3 is 3.00 bits per heavy atom. The summed E-state index contributed by atoms with van der Waals surface area (Å²) in [6, 6.07) is 8.38. The second kappa shape index (κ2) is 5.43. The number of fused-ring (bicyclic) bond motifs is 1. The van der Waals surface area contributed by atoms with Gasteiger partial charge in [0, 0.05) is 18.5 Å². The number of carbonyl (C=O) groups is 1. The Morgan fingerprint density at radius 1 is 1.42 bits per heavy atom. The van der Waals surface area contributed by atoms with Crippen LogP contribution in [0.25, 0.3) is 0 Å². The summed E-state index contributed by atoms with van der Waals surface area (Å²) in [5, 5.41) is 11.1. The first kappa shape index (κ1) is 16.1. The molecule has 1 aliphatic carbocycles. The van der Waals surface area contributed by atoms with E-state index in [4.69, 9.17) is 9.73 Å². The van der Waals surface area contributed by atoms with E-state index in [1.165, 1.54) is 12.7 Å². The number of carbonyl (C=O) groups excluding carboxylic acids is 1. The van der Waals surface area contributed by atoms with Gasteiger partial charge in [-0.3, -0.25) is 9.89 Å². The first-order valence-corrected chi connectivity index (χ1v) is 9.56. The van der Waals surface area contributed by atoms with E-state index in [1.807, 2.05) is 12.1 Å². The second-order valence-corrected chi connectivity index (χ2v) is 8.01. The Labute approximate surface area is 153 Å². The van der Waals surface area contributed by atoms with Gasteiger partial charge in [-0.05, 0) is 36.9 Å². The summed E-state index contributed by atoms with van der Waals surface area (Å²) in [7, 11) is 1.38. The average Bonchev–Trinajstić information content (AvgIpc) is 3.21. The molecule has 3 aliphatic heterocycles. The van der Waals surface area contributed by atoms with Crippen molar-refractivity contribution in [1.82, 2.24) is 4.90 Å². The van der Waals surface area contributed by atoms with Crippen molar-refractivity contribution in [3.8, 4) is 0 Å². The quantitative estimate of drug-likeness (QED) is 0.831. The van der Waals surface area contributed by atoms with Crippen molar-refractivity contribution in [3.63, 3.8) is 0 Å². The molecule has 136 valence electrons. The zero-order valence-corrected chi connectivity index (χ0v) is 15.2. The molecule has 0 aromatic heterocycles. The minimum absolute atomic E-state index is 0.0320. The maximum absolute atomic E-state index is 12.6. The van der Waals surface area contributed by atoms with Gasteiger partial charge in [0.1, 0.15) is 11.3 Å². The smallest absolute Gasteiger partial charge is 0.343 e. The van der Waals surface area contributed by atoms with Crippen LogP contribution in [0, 0.1) is 11.8 Å². The van der Waals surface area contributed by atoms with E-state index in [0.717, 1.165) is 43.8 Å². The number of aliphatic hydroxyl groups is 1. The van der Waals surface area contributed by atoms with Crippen LogP contribution in [0.1, 0.15) is 31.7 Å². The van der Waals surface area contributed by atoms with Crippen molar-refractivity contribution in [1.29, 1.82) is 0 Å². The van der Waals surface area contributed by atoms with Crippen LogP contribution in [0.15, 0.2) is 40.6 Å². The van der Waals surface area contributed by atoms with Gasteiger partial charge in [-0.15, -0.1) is 0 Å². The van der Waals surface area contributed by atoms with Gasteiger partial charge >= 0.3 is 5.97 Å². The second-order valence-electron chi connectivity index (χ2n) is 8.01. The summed E-state index contributed by atoms with van der Waals surface area (Å²) in [4.78, 5) is 20.0. The number of benzene rings is 1. The van der Waals surface area contributed by atoms with Crippen molar-refractivity contribution in [2.24, 2.45) is 16.8 Å². The molecule has 1 N–H and O–H groups in total. The third kappa shape index (κ3) is 1.79. The van der Waals surface area contributed by atoms with E-state index < -0.39 is 5.97 Å². The number of para-hydroxylation sites is 1. The van der Waals surface area contributed by atoms with Gasteiger partial charge in [-0.1, -0.05) is 31.5 Å². The largest absolute Gasteiger partial charge is 0.511 e. The number of hydrogen-bond acceptors (Lipinski definition) is 5. The Kier molecular flexibility index (Phi) is 3.35. The Morgan fingerprint density at radius 2 is 2.23 bits per heavy atom. The molecule has 4 aliphatic rings. The Balaban J connectivity index is 1.77. The van der Waals surface area contributed by atoms with Crippen LogP contribution in [0.3, 0.4) is 0 Å². The van der Waals surface area contributed by atoms with Gasteiger partial charge < -0.3 is 9.84 Å². The monoisotopic (exact) mass is 352 g/mol. The van der Waals surface area contributed by atoms with E-state index in [1.54, 1.807) is 0 Å². The van der Waals surface area contributed by atoms with Gasteiger partial charge in [0.05, 0.1) is 23.9 Å². The van der Waals surface area contributed by atoms with Gasteiger partial charge in [0.2, 0.25) is 0 Å². The van der Waals surface area contributed by atoms with Crippen LogP contribution in [-0.2, 0) is 14.9 Å². The molecular formula is C21H24N2O3. The molecule has 0 unspecified atom stereocenters. The SMILES string of the molecule is CC[C@H]1C[C@@H]2C(O)=C(C(=O)OC)C3=Nc4ccccc4[C@]34CCN(C1)[C@H]24. The summed E-state index contributed by atoms with van der Waals surface area (Å²) in [5.74, 6) is 0.232. The fourth-order valence-corrected chi connectivity index (χ4v) is 5.91. The minimum Gasteiger partial charge on any atom is -0.511 e. The summed E-state index contributed by atoms with van der Waals surface area (Å²) < 4.78 is 5.05. The van der Waals surface area contributed by atoms with Crippen LogP contribution >= 0.6 is 0 Å². The first-order chi connectivity index (χ1) is 12.6. The normalized spacial score (nSPS) is 34.8. The molecule has 5 heteroatoms. The number of piperidine rings is 1. The highest BCUT2D eigenvalue weighted by Crippen LogP contribution is 2.59. The number of esters is 1. The van der Waals surface area contributed by atoms with Gasteiger partial charge in [0.25, 0.3) is 0 Å². The predicted molar refractivity (Wildman–Crippen MR) is 98.8 cm³/mol. The molecule has 4 atom stereocenters. The fourth-order valence-electron chi connectivity index (χ4n) is 5.91. The molecule has 1 aromatic rings. The van der Waals surface area contributed by atoms with Gasteiger partial charge in [-0.25, -0.2) is 4.79 Å². The van der Waals surface area contributed by atoms with E-state index in [0.29, 0.717) is 11.5 Å². The molecule has 5 nitrogen and oxygen atoms in total. The predicted octanol–water partition coefficient (Wildman–Crippen LogP) is 3.13. The van der Waals surface area contributed by atoms with Crippen molar-refractivity contribution < 1.29 is 14.6 Å². The lowest BCUT2D eigenvalue weighted by molar-refractivity contribution is -0.136. The fraction of sp³-hybridized carbons (Fsp3) is 0.524. The summed E-state index contributed by atoms with van der Waals surface area (Å²) >= 11 is 0. The molecule has 26 heavy (non-hydrogen) atoms. The van der Waals surface area contributed by atoms with Gasteiger partial charge in [-0.2, -0.15) is 0 Å². The molecule has 0 bridgehead atoms. The van der Waals surface area contributed by atoms with Crippen LogP contribution < -0.4 is 0 Å². The molecule has 1 aromatic carbocycles. The summed E-state index contributed by atoms with van der Waals surface area (Å²) in [5.41, 5.74) is 2.87. The van der Waals surface area contributed by atoms with E-state index in [-0.39, 0.29) is 23.1 Å². The third-order valence-electron chi connectivity index (χ3n) is 7.00. The third-order valence-corrected chi connectivity index (χ3v) is 7.00. The molecule has 0 radical (unpaired) electrons. The van der Waals surface area contributed by atoms with E-state index >= 15 is 0 Å². The average molecular weight is 352 g/mol. The summed E-state index contributed by atoms with van der Waals surface area (Å²) in [6.45, 7) is 4.25. The Bertz CT molecular complexity index is 859. The highest BCUT2D eigenvalue weighted by atomic mass is 16.5. The molecule has 2 saturated heterocycles. The highest BCUT2D eigenvalue weighted by Gasteiger charge is 2.64.